The molecular weight excluding hydrogens is 252 g/mol. The number of hydrogen-bond donors (Lipinski definition) is 3. The zero-order chi connectivity index (χ0) is 15.8. The van der Waals surface area contributed by atoms with Crippen molar-refractivity contribution in [3.05, 3.63) is 0 Å². The van der Waals surface area contributed by atoms with Gasteiger partial charge < -0.3 is 21.2 Å². The Bertz CT molecular complexity index is 298. The monoisotopic (exact) mass is 286 g/mol. The molecule has 5 nitrogen and oxygen atoms in total. The van der Waals surface area contributed by atoms with E-state index in [-0.39, 0.29) is 10.8 Å². The van der Waals surface area contributed by atoms with Gasteiger partial charge in [0.1, 0.15) is 5.84 Å². The predicted molar refractivity (Wildman–Crippen MR) is 86.2 cm³/mol. The zero-order valence-corrected chi connectivity index (χ0v) is 14.2. The van der Waals surface area contributed by atoms with E-state index in [2.05, 4.69) is 43.3 Å². The molecule has 0 aromatic heterocycles. The van der Waals surface area contributed by atoms with Crippen molar-refractivity contribution in [1.82, 2.24) is 10.2 Å². The molecule has 0 aliphatic rings. The summed E-state index contributed by atoms with van der Waals surface area (Å²) in [5.41, 5.74) is 5.74. The molecule has 0 bridgehead atoms. The van der Waals surface area contributed by atoms with E-state index in [1.54, 1.807) is 0 Å². The summed E-state index contributed by atoms with van der Waals surface area (Å²) < 4.78 is 0. The van der Waals surface area contributed by atoms with Crippen LogP contribution in [0.5, 0.6) is 0 Å². The van der Waals surface area contributed by atoms with E-state index in [4.69, 9.17) is 10.9 Å². The number of rotatable bonds is 10. The van der Waals surface area contributed by atoms with Crippen molar-refractivity contribution in [3.63, 3.8) is 0 Å². The van der Waals surface area contributed by atoms with E-state index in [1.165, 1.54) is 0 Å². The highest BCUT2D eigenvalue weighted by atomic mass is 16.4. The first-order valence-electron chi connectivity index (χ1n) is 7.44. The molecule has 0 spiro atoms. The second kappa shape index (κ2) is 8.47. The molecule has 0 heterocycles. The van der Waals surface area contributed by atoms with Gasteiger partial charge in [-0.2, -0.15) is 0 Å². The summed E-state index contributed by atoms with van der Waals surface area (Å²) in [5.74, 6) is 0.317. The van der Waals surface area contributed by atoms with Gasteiger partial charge in [0, 0.05) is 18.5 Å². The van der Waals surface area contributed by atoms with Crippen LogP contribution in [0, 0.1) is 10.8 Å². The van der Waals surface area contributed by atoms with Crippen LogP contribution in [0.25, 0.3) is 0 Å². The van der Waals surface area contributed by atoms with Crippen LogP contribution >= 0.6 is 0 Å². The van der Waals surface area contributed by atoms with Gasteiger partial charge >= 0.3 is 0 Å². The summed E-state index contributed by atoms with van der Waals surface area (Å²) in [6, 6.07) is 0. The average Bonchev–Trinajstić information content (AvgIpc) is 2.30. The standard InChI is InChI=1S/C15H34N4O/c1-14(2,12-19(5)6)11-17-10-8-7-9-15(3,4)13(16)18-20/h17,20H,7-12H2,1-6H3,(H2,16,18). The van der Waals surface area contributed by atoms with Crippen LogP contribution in [0.3, 0.4) is 0 Å². The number of hydrogen-bond acceptors (Lipinski definition) is 4. The molecule has 4 N–H and O–H groups in total. The Balaban J connectivity index is 3.78. The Labute approximate surface area is 124 Å². The van der Waals surface area contributed by atoms with Gasteiger partial charge in [-0.3, -0.25) is 0 Å². The Morgan fingerprint density at radius 1 is 1.20 bits per heavy atom. The van der Waals surface area contributed by atoms with Crippen LogP contribution in [-0.4, -0.2) is 49.7 Å². The Hall–Kier alpha value is -0.810. The fraction of sp³-hybridized carbons (Fsp3) is 0.933. The lowest BCUT2D eigenvalue weighted by molar-refractivity contribution is 0.232. The molecule has 0 saturated carbocycles. The first kappa shape index (κ1) is 19.2. The Morgan fingerprint density at radius 3 is 2.30 bits per heavy atom. The third kappa shape index (κ3) is 8.38. The first-order chi connectivity index (χ1) is 9.10. The van der Waals surface area contributed by atoms with Gasteiger partial charge in [-0.1, -0.05) is 39.3 Å². The van der Waals surface area contributed by atoms with Gasteiger partial charge in [0.2, 0.25) is 0 Å². The van der Waals surface area contributed by atoms with Crippen LogP contribution in [0.1, 0.15) is 47.0 Å². The largest absolute Gasteiger partial charge is 0.409 e. The highest BCUT2D eigenvalue weighted by Gasteiger charge is 2.23. The van der Waals surface area contributed by atoms with Crippen molar-refractivity contribution in [2.75, 3.05) is 33.7 Å². The van der Waals surface area contributed by atoms with E-state index in [1.807, 2.05) is 13.8 Å². The number of unbranched alkanes of at least 4 members (excludes halogenated alkanes) is 1. The molecule has 120 valence electrons. The summed E-state index contributed by atoms with van der Waals surface area (Å²) in [6.45, 7) is 11.7. The molecule has 0 rings (SSSR count). The minimum atomic E-state index is -0.223. The normalized spacial score (nSPS) is 14.1. The van der Waals surface area contributed by atoms with E-state index in [9.17, 15) is 0 Å². The van der Waals surface area contributed by atoms with E-state index < -0.39 is 0 Å². The number of nitrogens with zero attached hydrogens (tertiary/aromatic N) is 2. The van der Waals surface area contributed by atoms with Gasteiger partial charge in [-0.25, -0.2) is 0 Å². The maximum Gasteiger partial charge on any atom is 0.144 e. The summed E-state index contributed by atoms with van der Waals surface area (Å²) in [5, 5.41) is 15.4. The summed E-state index contributed by atoms with van der Waals surface area (Å²) >= 11 is 0. The molecule has 0 amide bonds. The topological polar surface area (TPSA) is 73.9 Å². The van der Waals surface area contributed by atoms with Gasteiger partial charge in [-0.15, -0.1) is 0 Å². The van der Waals surface area contributed by atoms with Crippen molar-refractivity contribution in [1.29, 1.82) is 0 Å². The molecule has 0 atom stereocenters. The molecular formula is C15H34N4O. The second-order valence-electron chi connectivity index (χ2n) is 7.41. The fourth-order valence-electron chi connectivity index (χ4n) is 2.42. The quantitative estimate of drug-likeness (QED) is 0.189. The van der Waals surface area contributed by atoms with Crippen molar-refractivity contribution in [2.45, 2.75) is 47.0 Å². The maximum absolute atomic E-state index is 8.72. The van der Waals surface area contributed by atoms with Gasteiger partial charge in [0.25, 0.3) is 0 Å². The molecule has 5 heteroatoms. The number of nitrogens with two attached hydrogens (primary N) is 1. The van der Waals surface area contributed by atoms with Gasteiger partial charge in [0.05, 0.1) is 0 Å². The smallest absolute Gasteiger partial charge is 0.144 e. The minimum absolute atomic E-state index is 0.223. The summed E-state index contributed by atoms with van der Waals surface area (Å²) in [6.07, 6.45) is 3.12. The minimum Gasteiger partial charge on any atom is -0.409 e. The molecule has 0 aliphatic carbocycles. The summed E-state index contributed by atoms with van der Waals surface area (Å²) in [4.78, 5) is 2.22. The summed E-state index contributed by atoms with van der Waals surface area (Å²) in [7, 11) is 4.22. The SMILES string of the molecule is CN(C)CC(C)(C)CNCCCCC(C)(C)C(N)=NO. The van der Waals surface area contributed by atoms with E-state index >= 15 is 0 Å². The number of nitrogens with one attached hydrogen (secondary N) is 1. The van der Waals surface area contributed by atoms with Crippen LogP contribution in [0.2, 0.25) is 0 Å². The zero-order valence-electron chi connectivity index (χ0n) is 14.2. The number of amidine groups is 1. The van der Waals surface area contributed by atoms with Gasteiger partial charge in [0.15, 0.2) is 0 Å². The fourth-order valence-corrected chi connectivity index (χ4v) is 2.42. The van der Waals surface area contributed by atoms with E-state index in [0.717, 1.165) is 38.9 Å². The van der Waals surface area contributed by atoms with Crippen LogP contribution in [0.15, 0.2) is 5.16 Å². The van der Waals surface area contributed by atoms with Crippen molar-refractivity contribution in [2.24, 2.45) is 21.7 Å². The lowest BCUT2D eigenvalue weighted by Gasteiger charge is -2.28. The predicted octanol–water partition coefficient (Wildman–Crippen LogP) is 2.11. The molecule has 0 aromatic carbocycles. The molecule has 0 unspecified atom stereocenters. The molecule has 0 aliphatic heterocycles. The first-order valence-corrected chi connectivity index (χ1v) is 7.44. The van der Waals surface area contributed by atoms with Crippen LogP contribution in [0.4, 0.5) is 0 Å². The number of oxime groups is 1. The van der Waals surface area contributed by atoms with Crippen LogP contribution < -0.4 is 11.1 Å². The average molecular weight is 286 g/mol. The molecule has 0 saturated heterocycles. The second-order valence-corrected chi connectivity index (χ2v) is 7.41. The maximum atomic E-state index is 8.72. The third-order valence-electron chi connectivity index (χ3n) is 3.55. The lowest BCUT2D eigenvalue weighted by atomic mass is 9.86. The van der Waals surface area contributed by atoms with Gasteiger partial charge in [-0.05, 0) is 38.9 Å². The Morgan fingerprint density at radius 2 is 1.80 bits per heavy atom. The third-order valence-corrected chi connectivity index (χ3v) is 3.55. The molecule has 20 heavy (non-hydrogen) atoms. The lowest BCUT2D eigenvalue weighted by Crippen LogP contribution is -2.38. The highest BCUT2D eigenvalue weighted by Crippen LogP contribution is 2.23. The highest BCUT2D eigenvalue weighted by molar-refractivity contribution is 5.85. The molecule has 0 fully saturated rings. The van der Waals surface area contributed by atoms with Crippen molar-refractivity contribution >= 4 is 5.84 Å². The van der Waals surface area contributed by atoms with E-state index in [0.29, 0.717) is 5.84 Å². The van der Waals surface area contributed by atoms with Crippen molar-refractivity contribution in [3.8, 4) is 0 Å². The molecule has 0 aromatic rings. The Kier molecular flexibility index (Phi) is 8.13. The van der Waals surface area contributed by atoms with Crippen molar-refractivity contribution < 1.29 is 5.21 Å². The van der Waals surface area contributed by atoms with Crippen LogP contribution in [-0.2, 0) is 0 Å². The molecule has 0 radical (unpaired) electrons.